The zero-order chi connectivity index (χ0) is 16.2. The van der Waals surface area contributed by atoms with Crippen LogP contribution in [-0.2, 0) is 11.2 Å². The first-order valence-electron chi connectivity index (χ1n) is 7.50. The summed E-state index contributed by atoms with van der Waals surface area (Å²) in [6.07, 6.45) is 0.566. The Kier molecular flexibility index (Phi) is 4.28. The van der Waals surface area contributed by atoms with Crippen molar-refractivity contribution in [1.82, 2.24) is 9.88 Å². The molecule has 3 rings (SSSR count). The summed E-state index contributed by atoms with van der Waals surface area (Å²) in [6, 6.07) is 17.4. The fourth-order valence-corrected chi connectivity index (χ4v) is 2.44. The molecule has 5 heteroatoms. The number of nitrogens with one attached hydrogen (secondary N) is 1. The molecule has 118 valence electrons. The third kappa shape index (κ3) is 3.51. The van der Waals surface area contributed by atoms with Crippen LogP contribution in [0.2, 0.25) is 0 Å². The Labute approximate surface area is 134 Å². The zero-order valence-electron chi connectivity index (χ0n) is 13.2. The van der Waals surface area contributed by atoms with Gasteiger partial charge in [-0.05, 0) is 17.7 Å². The Morgan fingerprint density at radius 2 is 1.83 bits per heavy atom. The topological polar surface area (TPSA) is 58.4 Å². The molecule has 2 aromatic carbocycles. The van der Waals surface area contributed by atoms with E-state index in [1.54, 1.807) is 19.0 Å². The van der Waals surface area contributed by atoms with Crippen LogP contribution in [0, 0.1) is 0 Å². The van der Waals surface area contributed by atoms with Crippen molar-refractivity contribution >= 4 is 23.0 Å². The molecule has 0 bridgehead atoms. The average molecular weight is 309 g/mol. The molecule has 0 radical (unpaired) electrons. The van der Waals surface area contributed by atoms with Gasteiger partial charge in [-0.2, -0.15) is 4.98 Å². The van der Waals surface area contributed by atoms with Gasteiger partial charge in [0.2, 0.25) is 5.91 Å². The molecule has 0 aliphatic rings. The second kappa shape index (κ2) is 6.52. The Morgan fingerprint density at radius 3 is 2.52 bits per heavy atom. The van der Waals surface area contributed by atoms with Crippen molar-refractivity contribution in [2.45, 2.75) is 12.5 Å². The van der Waals surface area contributed by atoms with Gasteiger partial charge in [-0.25, -0.2) is 0 Å². The lowest BCUT2D eigenvalue weighted by Crippen LogP contribution is -2.40. The first-order valence-corrected chi connectivity index (χ1v) is 7.50. The molecule has 1 amide bonds. The number of likely N-dealkylation sites (N-methyl/N-ethyl adjacent to an activating group) is 1. The maximum atomic E-state index is 12.5. The number of amides is 1. The number of rotatable bonds is 5. The smallest absolute Gasteiger partial charge is 0.296 e. The standard InChI is InChI=1S/C18H19N3O2/c1-21(2)17(22)15(12-13-8-4-3-5-9-13)20-18-19-14-10-6-7-11-16(14)23-18/h3-11,15H,12H2,1-2H3,(H,19,20)/t15-/m0/s1. The monoisotopic (exact) mass is 309 g/mol. The van der Waals surface area contributed by atoms with Gasteiger partial charge in [-0.15, -0.1) is 0 Å². The minimum absolute atomic E-state index is 0.0175. The fourth-order valence-electron chi connectivity index (χ4n) is 2.44. The number of hydrogen-bond donors (Lipinski definition) is 1. The van der Waals surface area contributed by atoms with E-state index >= 15 is 0 Å². The van der Waals surface area contributed by atoms with Gasteiger partial charge >= 0.3 is 0 Å². The van der Waals surface area contributed by atoms with E-state index in [0.717, 1.165) is 11.1 Å². The lowest BCUT2D eigenvalue weighted by atomic mass is 10.1. The average Bonchev–Trinajstić information content (AvgIpc) is 2.96. The molecular formula is C18H19N3O2. The molecule has 0 fully saturated rings. The maximum Gasteiger partial charge on any atom is 0.296 e. The van der Waals surface area contributed by atoms with Crippen LogP contribution in [0.1, 0.15) is 5.56 Å². The fraction of sp³-hybridized carbons (Fsp3) is 0.222. The predicted octanol–water partition coefficient (Wildman–Crippen LogP) is 2.94. The Balaban J connectivity index is 1.84. The SMILES string of the molecule is CN(C)C(=O)[C@H](Cc1ccccc1)Nc1nc2ccccc2o1. The van der Waals surface area contributed by atoms with Gasteiger partial charge < -0.3 is 14.6 Å². The summed E-state index contributed by atoms with van der Waals surface area (Å²) in [5.41, 5.74) is 2.55. The van der Waals surface area contributed by atoms with Crippen LogP contribution in [0.15, 0.2) is 59.0 Å². The number of anilines is 1. The van der Waals surface area contributed by atoms with Crippen LogP contribution < -0.4 is 5.32 Å². The number of carbonyl (C=O) groups excluding carboxylic acids is 1. The van der Waals surface area contributed by atoms with Gasteiger partial charge in [-0.3, -0.25) is 4.79 Å². The van der Waals surface area contributed by atoms with Crippen molar-refractivity contribution in [3.05, 3.63) is 60.2 Å². The van der Waals surface area contributed by atoms with E-state index in [1.807, 2.05) is 54.6 Å². The lowest BCUT2D eigenvalue weighted by Gasteiger charge is -2.21. The number of benzene rings is 2. The summed E-state index contributed by atoms with van der Waals surface area (Å²) in [4.78, 5) is 18.4. The molecule has 1 atom stereocenters. The third-order valence-corrected chi connectivity index (χ3v) is 3.61. The van der Waals surface area contributed by atoms with Gasteiger partial charge in [0.25, 0.3) is 6.01 Å². The summed E-state index contributed by atoms with van der Waals surface area (Å²) in [6.45, 7) is 0. The number of para-hydroxylation sites is 2. The molecule has 0 saturated heterocycles. The highest BCUT2D eigenvalue weighted by atomic mass is 16.4. The van der Waals surface area contributed by atoms with Crippen molar-refractivity contribution in [3.8, 4) is 0 Å². The molecule has 0 unspecified atom stereocenters. The van der Waals surface area contributed by atoms with Crippen LogP contribution in [0.4, 0.5) is 6.01 Å². The molecule has 23 heavy (non-hydrogen) atoms. The van der Waals surface area contributed by atoms with E-state index in [2.05, 4.69) is 10.3 Å². The quantitative estimate of drug-likeness (QED) is 0.787. The summed E-state index contributed by atoms with van der Waals surface area (Å²) in [7, 11) is 3.49. The second-order valence-corrected chi connectivity index (χ2v) is 5.61. The highest BCUT2D eigenvalue weighted by Gasteiger charge is 2.22. The van der Waals surface area contributed by atoms with E-state index in [0.29, 0.717) is 18.0 Å². The number of oxazole rings is 1. The Hall–Kier alpha value is -2.82. The lowest BCUT2D eigenvalue weighted by molar-refractivity contribution is -0.129. The van der Waals surface area contributed by atoms with Gasteiger partial charge in [0.15, 0.2) is 5.58 Å². The number of carbonyl (C=O) groups is 1. The summed E-state index contributed by atoms with van der Waals surface area (Å²) < 4.78 is 5.67. The predicted molar refractivity (Wildman–Crippen MR) is 90.3 cm³/mol. The van der Waals surface area contributed by atoms with E-state index in [4.69, 9.17) is 4.42 Å². The normalized spacial score (nSPS) is 12.1. The van der Waals surface area contributed by atoms with Crippen molar-refractivity contribution < 1.29 is 9.21 Å². The number of hydrogen-bond acceptors (Lipinski definition) is 4. The highest BCUT2D eigenvalue weighted by molar-refractivity contribution is 5.84. The van der Waals surface area contributed by atoms with Crippen molar-refractivity contribution in [1.29, 1.82) is 0 Å². The molecule has 3 aromatic rings. The molecule has 5 nitrogen and oxygen atoms in total. The second-order valence-electron chi connectivity index (χ2n) is 5.61. The first kappa shape index (κ1) is 15.1. The summed E-state index contributed by atoms with van der Waals surface area (Å²) in [5, 5.41) is 3.13. The summed E-state index contributed by atoms with van der Waals surface area (Å²) in [5.74, 6) is -0.0175. The Bertz CT molecular complexity index is 763. The molecule has 1 heterocycles. The molecule has 0 aliphatic carbocycles. The van der Waals surface area contributed by atoms with Crippen molar-refractivity contribution in [2.75, 3.05) is 19.4 Å². The number of nitrogens with zero attached hydrogens (tertiary/aromatic N) is 2. The van der Waals surface area contributed by atoms with Crippen LogP contribution in [-0.4, -0.2) is 35.9 Å². The van der Waals surface area contributed by atoms with Gasteiger partial charge in [-0.1, -0.05) is 42.5 Å². The van der Waals surface area contributed by atoms with Gasteiger partial charge in [0, 0.05) is 20.5 Å². The first-order chi connectivity index (χ1) is 11.1. The van der Waals surface area contributed by atoms with Crippen LogP contribution >= 0.6 is 0 Å². The largest absolute Gasteiger partial charge is 0.424 e. The minimum Gasteiger partial charge on any atom is -0.424 e. The third-order valence-electron chi connectivity index (χ3n) is 3.61. The van der Waals surface area contributed by atoms with Crippen LogP contribution in [0.3, 0.4) is 0 Å². The molecule has 1 aromatic heterocycles. The zero-order valence-corrected chi connectivity index (χ0v) is 13.2. The minimum atomic E-state index is -0.430. The number of fused-ring (bicyclic) bond motifs is 1. The van der Waals surface area contributed by atoms with E-state index in [9.17, 15) is 4.79 Å². The molecular weight excluding hydrogens is 290 g/mol. The van der Waals surface area contributed by atoms with Gasteiger partial charge in [0.05, 0.1) is 0 Å². The molecule has 0 aliphatic heterocycles. The van der Waals surface area contributed by atoms with Crippen LogP contribution in [0.5, 0.6) is 0 Å². The van der Waals surface area contributed by atoms with Crippen molar-refractivity contribution in [2.24, 2.45) is 0 Å². The van der Waals surface area contributed by atoms with Crippen LogP contribution in [0.25, 0.3) is 11.1 Å². The molecule has 1 N–H and O–H groups in total. The Morgan fingerprint density at radius 1 is 1.13 bits per heavy atom. The summed E-state index contributed by atoms with van der Waals surface area (Å²) >= 11 is 0. The number of aromatic nitrogens is 1. The molecule has 0 saturated carbocycles. The van der Waals surface area contributed by atoms with E-state index in [-0.39, 0.29) is 5.91 Å². The van der Waals surface area contributed by atoms with E-state index < -0.39 is 6.04 Å². The van der Waals surface area contributed by atoms with Gasteiger partial charge in [0.1, 0.15) is 11.6 Å². The highest BCUT2D eigenvalue weighted by Crippen LogP contribution is 2.19. The molecule has 0 spiro atoms. The van der Waals surface area contributed by atoms with E-state index in [1.165, 1.54) is 0 Å². The van der Waals surface area contributed by atoms with Crippen molar-refractivity contribution in [3.63, 3.8) is 0 Å². The maximum absolute atomic E-state index is 12.5.